The monoisotopic (exact) mass is 321 g/mol. The predicted molar refractivity (Wildman–Crippen MR) is 89.1 cm³/mol. The molecule has 5 nitrogen and oxygen atoms in total. The van der Waals surface area contributed by atoms with Crippen LogP contribution in [0.1, 0.15) is 46.6 Å². The molecule has 0 heterocycles. The Kier molecular flexibility index (Phi) is 6.61. The summed E-state index contributed by atoms with van der Waals surface area (Å²) in [5, 5.41) is 9.62. The first-order chi connectivity index (χ1) is 10.7. The van der Waals surface area contributed by atoms with Crippen LogP contribution in [0.25, 0.3) is 0 Å². The van der Waals surface area contributed by atoms with Gasteiger partial charge >= 0.3 is 12.1 Å². The molecule has 0 radical (unpaired) electrons. The van der Waals surface area contributed by atoms with Crippen LogP contribution in [-0.4, -0.2) is 33.7 Å². The van der Waals surface area contributed by atoms with E-state index in [1.165, 1.54) is 4.90 Å². The molecule has 1 N–H and O–H groups in total. The number of rotatable bonds is 6. The van der Waals surface area contributed by atoms with Gasteiger partial charge in [-0.2, -0.15) is 0 Å². The van der Waals surface area contributed by atoms with Crippen molar-refractivity contribution in [3.63, 3.8) is 0 Å². The van der Waals surface area contributed by atoms with Crippen LogP contribution in [0.4, 0.5) is 4.79 Å². The van der Waals surface area contributed by atoms with Crippen LogP contribution in [0.3, 0.4) is 0 Å². The van der Waals surface area contributed by atoms with E-state index < -0.39 is 23.7 Å². The number of ether oxygens (including phenoxy) is 1. The maximum Gasteiger partial charge on any atom is 0.411 e. The second kappa shape index (κ2) is 7.99. The minimum atomic E-state index is -1.01. The standard InChI is InChI=1S/C18H27NO4/c1-6-13(2)15(16(20)21)19(17(22)23-18(3,4)5)12-14-10-8-7-9-11-14/h7-11,13,15H,6,12H2,1-5H3,(H,20,21)/t13-,15+/m0/s1. The third kappa shape index (κ3) is 5.93. The Morgan fingerprint density at radius 2 is 1.78 bits per heavy atom. The number of amides is 1. The zero-order valence-electron chi connectivity index (χ0n) is 14.6. The van der Waals surface area contributed by atoms with Gasteiger partial charge in [-0.3, -0.25) is 4.90 Å². The third-order valence-corrected chi connectivity index (χ3v) is 3.60. The Morgan fingerprint density at radius 3 is 2.22 bits per heavy atom. The molecule has 1 rings (SSSR count). The molecule has 1 amide bonds. The number of hydrogen-bond acceptors (Lipinski definition) is 3. The molecule has 0 fully saturated rings. The first-order valence-corrected chi connectivity index (χ1v) is 7.92. The van der Waals surface area contributed by atoms with Crippen molar-refractivity contribution < 1.29 is 19.4 Å². The molecule has 0 aliphatic carbocycles. The van der Waals surface area contributed by atoms with E-state index in [1.807, 2.05) is 44.2 Å². The molecular formula is C18H27NO4. The molecule has 0 spiro atoms. The molecule has 5 heteroatoms. The molecule has 23 heavy (non-hydrogen) atoms. The maximum atomic E-state index is 12.6. The van der Waals surface area contributed by atoms with Crippen molar-refractivity contribution in [3.05, 3.63) is 35.9 Å². The quantitative estimate of drug-likeness (QED) is 0.862. The van der Waals surface area contributed by atoms with Crippen molar-refractivity contribution in [1.29, 1.82) is 0 Å². The van der Waals surface area contributed by atoms with Gasteiger partial charge < -0.3 is 9.84 Å². The number of hydrogen-bond donors (Lipinski definition) is 1. The van der Waals surface area contributed by atoms with Gasteiger partial charge in [0.15, 0.2) is 0 Å². The lowest BCUT2D eigenvalue weighted by molar-refractivity contribution is -0.145. The van der Waals surface area contributed by atoms with Crippen molar-refractivity contribution in [2.75, 3.05) is 0 Å². The number of benzene rings is 1. The summed E-state index contributed by atoms with van der Waals surface area (Å²) >= 11 is 0. The van der Waals surface area contributed by atoms with Gasteiger partial charge in [0.1, 0.15) is 11.6 Å². The van der Waals surface area contributed by atoms with Gasteiger partial charge in [0.2, 0.25) is 0 Å². The molecule has 0 aromatic heterocycles. The predicted octanol–water partition coefficient (Wildman–Crippen LogP) is 3.92. The van der Waals surface area contributed by atoms with E-state index in [4.69, 9.17) is 4.74 Å². The number of carboxylic acids is 1. The van der Waals surface area contributed by atoms with Gasteiger partial charge in [0, 0.05) is 6.54 Å². The Morgan fingerprint density at radius 1 is 1.22 bits per heavy atom. The molecule has 0 saturated carbocycles. The highest BCUT2D eigenvalue weighted by molar-refractivity contribution is 5.80. The van der Waals surface area contributed by atoms with Crippen molar-refractivity contribution >= 4 is 12.1 Å². The van der Waals surface area contributed by atoms with Crippen LogP contribution >= 0.6 is 0 Å². The summed E-state index contributed by atoms with van der Waals surface area (Å²) in [7, 11) is 0. The zero-order valence-corrected chi connectivity index (χ0v) is 14.6. The Labute approximate surface area is 138 Å². The fourth-order valence-corrected chi connectivity index (χ4v) is 2.28. The summed E-state index contributed by atoms with van der Waals surface area (Å²) in [5.41, 5.74) is 0.192. The average Bonchev–Trinajstić information content (AvgIpc) is 2.45. The maximum absolute atomic E-state index is 12.6. The van der Waals surface area contributed by atoms with Gasteiger partial charge in [0.25, 0.3) is 0 Å². The molecule has 0 unspecified atom stereocenters. The van der Waals surface area contributed by atoms with Crippen LogP contribution in [0.15, 0.2) is 30.3 Å². The van der Waals surface area contributed by atoms with Gasteiger partial charge in [-0.05, 0) is 32.3 Å². The number of carbonyl (C=O) groups is 2. The van der Waals surface area contributed by atoms with Crippen molar-refractivity contribution in [2.45, 2.75) is 59.2 Å². The minimum absolute atomic E-state index is 0.177. The summed E-state index contributed by atoms with van der Waals surface area (Å²) in [6, 6.07) is 8.42. The number of nitrogens with zero attached hydrogens (tertiary/aromatic N) is 1. The molecule has 2 atom stereocenters. The molecule has 0 aliphatic heterocycles. The molecule has 0 saturated heterocycles. The van der Waals surface area contributed by atoms with Crippen LogP contribution < -0.4 is 0 Å². The van der Waals surface area contributed by atoms with Crippen molar-refractivity contribution in [3.8, 4) is 0 Å². The molecule has 0 bridgehead atoms. The van der Waals surface area contributed by atoms with Gasteiger partial charge in [-0.25, -0.2) is 9.59 Å². The summed E-state index contributed by atoms with van der Waals surface area (Å²) < 4.78 is 5.42. The van der Waals surface area contributed by atoms with E-state index in [0.29, 0.717) is 6.42 Å². The summed E-state index contributed by atoms with van der Waals surface area (Å²) in [5.74, 6) is -1.19. The normalized spacial score (nSPS) is 14.0. The van der Waals surface area contributed by atoms with Crippen LogP contribution in [0.5, 0.6) is 0 Å². The van der Waals surface area contributed by atoms with Crippen LogP contribution in [0, 0.1) is 5.92 Å². The molecular weight excluding hydrogens is 294 g/mol. The molecule has 128 valence electrons. The Balaban J connectivity index is 3.13. The van der Waals surface area contributed by atoms with E-state index in [0.717, 1.165) is 5.56 Å². The summed E-state index contributed by atoms with van der Waals surface area (Å²) in [6.07, 6.45) is 0.0551. The average molecular weight is 321 g/mol. The minimum Gasteiger partial charge on any atom is -0.480 e. The van der Waals surface area contributed by atoms with Crippen LogP contribution in [0.2, 0.25) is 0 Å². The number of carbonyl (C=O) groups excluding carboxylic acids is 1. The van der Waals surface area contributed by atoms with E-state index in [2.05, 4.69) is 0 Å². The first-order valence-electron chi connectivity index (χ1n) is 7.92. The van der Waals surface area contributed by atoms with Crippen LogP contribution in [-0.2, 0) is 16.1 Å². The second-order valence-corrected chi connectivity index (χ2v) is 6.76. The first kappa shape index (κ1) is 19.0. The number of carboxylic acid groups (broad SMARTS) is 1. The van der Waals surface area contributed by atoms with Crippen molar-refractivity contribution in [2.24, 2.45) is 5.92 Å². The fourth-order valence-electron chi connectivity index (χ4n) is 2.28. The molecule has 1 aromatic carbocycles. The molecule has 0 aliphatic rings. The highest BCUT2D eigenvalue weighted by atomic mass is 16.6. The van der Waals surface area contributed by atoms with E-state index in [9.17, 15) is 14.7 Å². The second-order valence-electron chi connectivity index (χ2n) is 6.76. The highest BCUT2D eigenvalue weighted by Gasteiger charge is 2.36. The van der Waals surface area contributed by atoms with Crippen molar-refractivity contribution in [1.82, 2.24) is 4.90 Å². The Hall–Kier alpha value is -2.04. The fraction of sp³-hybridized carbons (Fsp3) is 0.556. The largest absolute Gasteiger partial charge is 0.480 e. The van der Waals surface area contributed by atoms with Gasteiger partial charge in [-0.15, -0.1) is 0 Å². The Bertz CT molecular complexity index is 522. The highest BCUT2D eigenvalue weighted by Crippen LogP contribution is 2.21. The van der Waals surface area contributed by atoms with Gasteiger partial charge in [-0.1, -0.05) is 50.6 Å². The zero-order chi connectivity index (χ0) is 17.6. The molecule has 1 aromatic rings. The smallest absolute Gasteiger partial charge is 0.411 e. The summed E-state index contributed by atoms with van der Waals surface area (Å²) in [4.78, 5) is 25.6. The topological polar surface area (TPSA) is 66.8 Å². The lowest BCUT2D eigenvalue weighted by Gasteiger charge is -2.34. The number of aliphatic carboxylic acids is 1. The SMILES string of the molecule is CC[C@H](C)[C@H](C(=O)O)N(Cc1ccccc1)C(=O)OC(C)(C)C. The lowest BCUT2D eigenvalue weighted by Crippen LogP contribution is -2.49. The third-order valence-electron chi connectivity index (χ3n) is 3.60. The summed E-state index contributed by atoms with van der Waals surface area (Å²) in [6.45, 7) is 9.26. The lowest BCUT2D eigenvalue weighted by atomic mass is 9.97. The van der Waals surface area contributed by atoms with E-state index >= 15 is 0 Å². The van der Waals surface area contributed by atoms with E-state index in [1.54, 1.807) is 20.8 Å². The van der Waals surface area contributed by atoms with E-state index in [-0.39, 0.29) is 12.5 Å². The van der Waals surface area contributed by atoms with Gasteiger partial charge in [0.05, 0.1) is 0 Å².